The lowest BCUT2D eigenvalue weighted by molar-refractivity contribution is -0.140. The number of carbonyl (C=O) groups is 3. The number of rotatable bonds is 8. The molecule has 1 aliphatic carbocycles. The molecule has 3 amide bonds. The molecule has 2 aromatic rings. The summed E-state index contributed by atoms with van der Waals surface area (Å²) >= 11 is 0. The number of fused-ring (bicyclic) bond motifs is 1. The fourth-order valence-corrected chi connectivity index (χ4v) is 4.90. The maximum absolute atomic E-state index is 12.5. The number of hydrogen-bond acceptors (Lipinski definition) is 6. The van der Waals surface area contributed by atoms with Crippen molar-refractivity contribution < 1.29 is 27.2 Å². The molecule has 2 aliphatic rings. The Morgan fingerprint density at radius 2 is 1.69 bits per heavy atom. The van der Waals surface area contributed by atoms with Crippen molar-refractivity contribution in [2.45, 2.75) is 30.7 Å². The van der Waals surface area contributed by atoms with E-state index < -0.39 is 10.0 Å². The van der Waals surface area contributed by atoms with E-state index in [1.807, 2.05) is 12.2 Å². The Bertz CT molecular complexity index is 1110. The number of imide groups is 1. The van der Waals surface area contributed by atoms with Crippen molar-refractivity contribution in [3.63, 3.8) is 0 Å². The Morgan fingerprint density at radius 3 is 2.28 bits per heavy atom. The van der Waals surface area contributed by atoms with Crippen LogP contribution in [0.3, 0.4) is 0 Å². The molecule has 32 heavy (non-hydrogen) atoms. The highest BCUT2D eigenvalue weighted by Gasteiger charge is 2.46. The smallest absolute Gasteiger partial charge is 0.240 e. The van der Waals surface area contributed by atoms with E-state index in [0.29, 0.717) is 24.3 Å². The Labute approximate surface area is 185 Å². The molecular formula is C22H23N3O6S. The molecular weight excluding hydrogens is 434 g/mol. The molecule has 2 heterocycles. The number of nitrogens with zero attached hydrogens (tertiary/aromatic N) is 1. The maximum atomic E-state index is 12.5. The molecule has 1 aromatic carbocycles. The van der Waals surface area contributed by atoms with Crippen LogP contribution >= 0.6 is 0 Å². The van der Waals surface area contributed by atoms with Crippen LogP contribution in [-0.2, 0) is 31.0 Å². The summed E-state index contributed by atoms with van der Waals surface area (Å²) in [5.74, 6) is -0.937. The molecule has 0 bridgehead atoms. The number of amides is 3. The van der Waals surface area contributed by atoms with Gasteiger partial charge in [-0.1, -0.05) is 12.2 Å². The molecule has 0 unspecified atom stereocenters. The summed E-state index contributed by atoms with van der Waals surface area (Å²) in [6, 6.07) is 9.05. The zero-order chi connectivity index (χ0) is 22.7. The van der Waals surface area contributed by atoms with Gasteiger partial charge in [-0.05, 0) is 49.2 Å². The Kier molecular flexibility index (Phi) is 6.24. The number of furan rings is 1. The number of hydrogen-bond donors (Lipinski definition) is 2. The van der Waals surface area contributed by atoms with Crippen LogP contribution in [0.2, 0.25) is 0 Å². The molecule has 1 saturated heterocycles. The summed E-state index contributed by atoms with van der Waals surface area (Å²) in [7, 11) is -3.74. The van der Waals surface area contributed by atoms with Gasteiger partial charge in [0, 0.05) is 18.7 Å². The molecule has 9 nitrogen and oxygen atoms in total. The van der Waals surface area contributed by atoms with Crippen molar-refractivity contribution in [2.75, 3.05) is 11.9 Å². The second-order valence-electron chi connectivity index (χ2n) is 7.71. The monoisotopic (exact) mass is 457 g/mol. The van der Waals surface area contributed by atoms with Gasteiger partial charge in [-0.25, -0.2) is 13.1 Å². The van der Waals surface area contributed by atoms with E-state index in [2.05, 4.69) is 10.0 Å². The minimum atomic E-state index is -3.74. The molecule has 0 spiro atoms. The van der Waals surface area contributed by atoms with Crippen LogP contribution in [-0.4, -0.2) is 37.6 Å². The van der Waals surface area contributed by atoms with Crippen LogP contribution in [0.25, 0.3) is 0 Å². The van der Waals surface area contributed by atoms with Crippen molar-refractivity contribution in [3.05, 3.63) is 60.6 Å². The highest BCUT2D eigenvalue weighted by Crippen LogP contribution is 2.35. The van der Waals surface area contributed by atoms with Crippen LogP contribution in [0, 0.1) is 11.8 Å². The van der Waals surface area contributed by atoms with Gasteiger partial charge >= 0.3 is 0 Å². The first-order valence-corrected chi connectivity index (χ1v) is 11.8. The van der Waals surface area contributed by atoms with Crippen molar-refractivity contribution in [3.8, 4) is 0 Å². The zero-order valence-electron chi connectivity index (χ0n) is 17.2. The van der Waals surface area contributed by atoms with Gasteiger partial charge in [0.1, 0.15) is 5.76 Å². The molecule has 4 rings (SSSR count). The Hall–Kier alpha value is -3.24. The fourth-order valence-electron chi connectivity index (χ4n) is 3.91. The van der Waals surface area contributed by atoms with Crippen LogP contribution < -0.4 is 10.0 Å². The third-order valence-corrected chi connectivity index (χ3v) is 7.04. The van der Waals surface area contributed by atoms with E-state index in [4.69, 9.17) is 4.42 Å². The minimum Gasteiger partial charge on any atom is -0.468 e. The summed E-state index contributed by atoms with van der Waals surface area (Å²) in [5.41, 5.74) is 0.414. The predicted molar refractivity (Wildman–Crippen MR) is 114 cm³/mol. The van der Waals surface area contributed by atoms with Crippen LogP contribution in [0.4, 0.5) is 5.69 Å². The maximum Gasteiger partial charge on any atom is 0.240 e. The fraction of sp³-hybridized carbons (Fsp3) is 0.318. The third-order valence-electron chi connectivity index (χ3n) is 5.63. The molecule has 1 fully saturated rings. The van der Waals surface area contributed by atoms with Crippen LogP contribution in [0.1, 0.15) is 25.0 Å². The Morgan fingerprint density at radius 1 is 1.03 bits per heavy atom. The second-order valence-corrected chi connectivity index (χ2v) is 9.48. The summed E-state index contributed by atoms with van der Waals surface area (Å²) < 4.78 is 32.3. The Balaban J connectivity index is 1.29. The lowest BCUT2D eigenvalue weighted by atomic mass is 9.85. The van der Waals surface area contributed by atoms with Crippen molar-refractivity contribution in [1.29, 1.82) is 0 Å². The van der Waals surface area contributed by atoms with E-state index in [1.165, 1.54) is 35.4 Å². The summed E-state index contributed by atoms with van der Waals surface area (Å²) in [4.78, 5) is 38.4. The zero-order valence-corrected chi connectivity index (χ0v) is 18.0. The number of nitrogens with one attached hydrogen (secondary N) is 2. The van der Waals surface area contributed by atoms with Crippen molar-refractivity contribution in [2.24, 2.45) is 11.8 Å². The average Bonchev–Trinajstić information content (AvgIpc) is 3.39. The van der Waals surface area contributed by atoms with Gasteiger partial charge in [-0.3, -0.25) is 19.3 Å². The van der Waals surface area contributed by atoms with E-state index >= 15 is 0 Å². The van der Waals surface area contributed by atoms with Gasteiger partial charge in [0.2, 0.25) is 27.7 Å². The van der Waals surface area contributed by atoms with E-state index in [1.54, 1.807) is 12.1 Å². The molecule has 2 atom stereocenters. The number of allylic oxidation sites excluding steroid dienone is 2. The topological polar surface area (TPSA) is 126 Å². The molecule has 168 valence electrons. The number of benzene rings is 1. The molecule has 1 aromatic heterocycles. The molecule has 1 aliphatic heterocycles. The van der Waals surface area contributed by atoms with Crippen molar-refractivity contribution >= 4 is 33.4 Å². The summed E-state index contributed by atoms with van der Waals surface area (Å²) in [6.45, 7) is 0.0548. The van der Waals surface area contributed by atoms with E-state index in [0.717, 1.165) is 0 Å². The lowest BCUT2D eigenvalue weighted by Crippen LogP contribution is -2.34. The first-order chi connectivity index (χ1) is 15.3. The quantitative estimate of drug-likeness (QED) is 0.462. The highest BCUT2D eigenvalue weighted by molar-refractivity contribution is 7.89. The van der Waals surface area contributed by atoms with Gasteiger partial charge < -0.3 is 9.73 Å². The molecule has 0 saturated carbocycles. The number of carbonyl (C=O) groups excluding carboxylic acids is 3. The SMILES string of the molecule is O=C(CCN1C(=O)[C@H]2CC=CC[C@@H]2C1=O)Nc1ccc(S(=O)(=O)NCc2ccco2)cc1. The van der Waals surface area contributed by atoms with Crippen molar-refractivity contribution in [1.82, 2.24) is 9.62 Å². The highest BCUT2D eigenvalue weighted by atomic mass is 32.2. The standard InChI is InChI=1S/C22H23N3O6S/c26-20(11-12-25-21(27)18-5-1-2-6-19(18)22(25)28)24-15-7-9-17(10-8-15)32(29,30)23-14-16-4-3-13-31-16/h1-4,7-10,13,18-19,23H,5-6,11-12,14H2,(H,24,26)/t18-,19-/m0/s1. The van der Waals surface area contributed by atoms with Gasteiger partial charge in [-0.15, -0.1) is 0 Å². The predicted octanol–water partition coefficient (Wildman–Crippen LogP) is 2.04. The van der Waals surface area contributed by atoms with Gasteiger partial charge in [-0.2, -0.15) is 0 Å². The van der Waals surface area contributed by atoms with Gasteiger partial charge in [0.05, 0.1) is 29.5 Å². The number of likely N-dealkylation sites (tertiary alicyclic amines) is 1. The molecule has 10 heteroatoms. The van der Waals surface area contributed by atoms with Crippen LogP contribution in [0.15, 0.2) is 64.1 Å². The summed E-state index contributed by atoms with van der Waals surface area (Å²) in [5, 5.41) is 2.66. The largest absolute Gasteiger partial charge is 0.468 e. The average molecular weight is 458 g/mol. The molecule has 0 radical (unpaired) electrons. The second kappa shape index (κ2) is 9.09. The van der Waals surface area contributed by atoms with E-state index in [-0.39, 0.29) is 54.0 Å². The molecule has 2 N–H and O–H groups in total. The number of sulfonamides is 1. The number of anilines is 1. The lowest BCUT2D eigenvalue weighted by Gasteiger charge is -2.14. The van der Waals surface area contributed by atoms with E-state index in [9.17, 15) is 22.8 Å². The summed E-state index contributed by atoms with van der Waals surface area (Å²) in [6.07, 6.45) is 6.38. The first-order valence-electron chi connectivity index (χ1n) is 10.3. The van der Waals surface area contributed by atoms with Gasteiger partial charge in [0.25, 0.3) is 0 Å². The third kappa shape index (κ3) is 4.66. The van der Waals surface area contributed by atoms with Gasteiger partial charge in [0.15, 0.2) is 0 Å². The normalized spacial score (nSPS) is 20.4. The first kappa shape index (κ1) is 22.0. The minimum absolute atomic E-state index is 0.0273. The van der Waals surface area contributed by atoms with Crippen LogP contribution in [0.5, 0.6) is 0 Å².